The van der Waals surface area contributed by atoms with Crippen molar-refractivity contribution in [1.29, 1.82) is 0 Å². The lowest BCUT2D eigenvalue weighted by Crippen LogP contribution is -2.44. The smallest absolute Gasteiger partial charge is 0.333 e. The molecule has 0 N–H and O–H groups in total. The number of methoxy groups -OCH3 is 1. The van der Waals surface area contributed by atoms with Gasteiger partial charge in [-0.3, -0.25) is 0 Å². The van der Waals surface area contributed by atoms with E-state index in [1.54, 1.807) is 7.11 Å². The molecule has 68 valence electrons. The third-order valence-electron chi connectivity index (χ3n) is 2.44. The lowest BCUT2D eigenvalue weighted by atomic mass is 9.99. The zero-order valence-electron chi connectivity index (χ0n) is 7.50. The van der Waals surface area contributed by atoms with E-state index in [1.165, 1.54) is 0 Å². The summed E-state index contributed by atoms with van der Waals surface area (Å²) >= 11 is 0. The van der Waals surface area contributed by atoms with Crippen molar-refractivity contribution < 1.29 is 14.2 Å². The summed E-state index contributed by atoms with van der Waals surface area (Å²) in [6.45, 7) is 2.66. The molecule has 12 heavy (non-hydrogen) atoms. The summed E-state index contributed by atoms with van der Waals surface area (Å²) < 4.78 is 16.3. The molecule has 0 bridgehead atoms. The second-order valence-corrected chi connectivity index (χ2v) is 3.28. The van der Waals surface area contributed by atoms with E-state index in [2.05, 4.69) is 6.08 Å². The molecule has 1 saturated heterocycles. The van der Waals surface area contributed by atoms with Gasteiger partial charge in [-0.25, -0.2) is 0 Å². The zero-order chi connectivity index (χ0) is 8.60. The van der Waals surface area contributed by atoms with Crippen LogP contribution in [0.2, 0.25) is 0 Å². The fraction of sp³-hybridized carbons (Fsp3) is 0.778. The highest BCUT2D eigenvalue weighted by molar-refractivity contribution is 5.05. The maximum Gasteiger partial charge on any atom is 0.333 e. The third-order valence-corrected chi connectivity index (χ3v) is 2.44. The number of hydrogen-bond donors (Lipinski definition) is 0. The second kappa shape index (κ2) is 2.75. The van der Waals surface area contributed by atoms with Crippen LogP contribution in [0.4, 0.5) is 0 Å². The maximum absolute atomic E-state index is 5.52. The van der Waals surface area contributed by atoms with E-state index in [0.717, 1.165) is 25.2 Å². The van der Waals surface area contributed by atoms with Gasteiger partial charge in [0.05, 0.1) is 18.3 Å². The van der Waals surface area contributed by atoms with Gasteiger partial charge in [0.15, 0.2) is 0 Å². The van der Waals surface area contributed by atoms with E-state index in [9.17, 15) is 0 Å². The Hall–Kier alpha value is -0.540. The molecule has 2 aliphatic rings. The zero-order valence-corrected chi connectivity index (χ0v) is 7.50. The molecule has 0 radical (unpaired) electrons. The number of ether oxygens (including phenoxy) is 3. The van der Waals surface area contributed by atoms with Crippen LogP contribution in [0, 0.1) is 5.92 Å². The van der Waals surface area contributed by atoms with Gasteiger partial charge in [-0.1, -0.05) is 0 Å². The maximum atomic E-state index is 5.52. The molecule has 0 aromatic carbocycles. The lowest BCUT2D eigenvalue weighted by Gasteiger charge is -2.35. The van der Waals surface area contributed by atoms with E-state index in [1.807, 2.05) is 6.92 Å². The largest absolute Gasteiger partial charge is 0.444 e. The minimum absolute atomic E-state index is 0.274. The molecular formula is C9H14O3. The van der Waals surface area contributed by atoms with Crippen molar-refractivity contribution >= 4 is 0 Å². The summed E-state index contributed by atoms with van der Waals surface area (Å²) in [6, 6.07) is 0. The first kappa shape index (κ1) is 8.08. The molecule has 0 amide bonds. The van der Waals surface area contributed by atoms with Gasteiger partial charge in [0.1, 0.15) is 0 Å². The molecular weight excluding hydrogens is 156 g/mol. The summed E-state index contributed by atoms with van der Waals surface area (Å²) in [6.07, 6.45) is 4.26. The number of hydrogen-bond acceptors (Lipinski definition) is 3. The molecule has 2 aliphatic heterocycles. The number of rotatable bonds is 1. The first-order valence-electron chi connectivity index (χ1n) is 4.33. The molecule has 3 heteroatoms. The van der Waals surface area contributed by atoms with Gasteiger partial charge in [0.2, 0.25) is 0 Å². The van der Waals surface area contributed by atoms with Crippen molar-refractivity contribution in [3.63, 3.8) is 0 Å². The molecule has 1 fully saturated rings. The Morgan fingerprint density at radius 1 is 1.67 bits per heavy atom. The van der Waals surface area contributed by atoms with Crippen LogP contribution < -0.4 is 0 Å². The van der Waals surface area contributed by atoms with E-state index in [4.69, 9.17) is 14.2 Å². The van der Waals surface area contributed by atoms with Gasteiger partial charge in [-0.05, 0) is 25.8 Å². The van der Waals surface area contributed by atoms with Gasteiger partial charge < -0.3 is 14.2 Å². The van der Waals surface area contributed by atoms with Crippen LogP contribution in [0.25, 0.3) is 0 Å². The Kier molecular flexibility index (Phi) is 1.85. The van der Waals surface area contributed by atoms with Crippen LogP contribution in [-0.2, 0) is 14.2 Å². The Labute approximate surface area is 72.3 Å². The average molecular weight is 170 g/mol. The molecule has 2 atom stereocenters. The molecule has 2 heterocycles. The van der Waals surface area contributed by atoms with Crippen LogP contribution >= 0.6 is 0 Å². The number of fused-ring (bicyclic) bond motifs is 1. The van der Waals surface area contributed by atoms with E-state index in [0.29, 0.717) is 0 Å². The average Bonchev–Trinajstić information content (AvgIpc) is 2.41. The highest BCUT2D eigenvalue weighted by Gasteiger charge is 2.48. The van der Waals surface area contributed by atoms with Gasteiger partial charge in [0, 0.05) is 7.11 Å². The van der Waals surface area contributed by atoms with Crippen LogP contribution in [0.3, 0.4) is 0 Å². The van der Waals surface area contributed by atoms with Crippen molar-refractivity contribution in [1.82, 2.24) is 0 Å². The normalized spacial score (nSPS) is 40.2. The van der Waals surface area contributed by atoms with Crippen LogP contribution in [0.1, 0.15) is 19.8 Å². The topological polar surface area (TPSA) is 27.7 Å². The van der Waals surface area contributed by atoms with Crippen molar-refractivity contribution in [2.24, 2.45) is 5.92 Å². The second-order valence-electron chi connectivity index (χ2n) is 3.28. The first-order chi connectivity index (χ1) is 5.77. The summed E-state index contributed by atoms with van der Waals surface area (Å²) in [5, 5.41) is 0. The molecule has 3 nitrogen and oxygen atoms in total. The Bertz CT molecular complexity index is 212. The third kappa shape index (κ3) is 1.04. The molecule has 0 spiro atoms. The molecule has 0 aromatic heterocycles. The van der Waals surface area contributed by atoms with Gasteiger partial charge >= 0.3 is 5.97 Å². The van der Waals surface area contributed by atoms with Crippen molar-refractivity contribution in [3.8, 4) is 0 Å². The molecule has 0 aromatic rings. The predicted octanol–water partition coefficient (Wildman–Crippen LogP) is 1.65. The van der Waals surface area contributed by atoms with Crippen LogP contribution in [-0.4, -0.2) is 19.7 Å². The van der Waals surface area contributed by atoms with Crippen molar-refractivity contribution in [2.75, 3.05) is 13.7 Å². The summed E-state index contributed by atoms with van der Waals surface area (Å²) in [5.41, 5.74) is 0. The summed E-state index contributed by atoms with van der Waals surface area (Å²) in [7, 11) is 1.63. The highest BCUT2D eigenvalue weighted by Crippen LogP contribution is 2.40. The van der Waals surface area contributed by atoms with E-state index < -0.39 is 5.97 Å². The predicted molar refractivity (Wildman–Crippen MR) is 43.3 cm³/mol. The Morgan fingerprint density at radius 2 is 2.50 bits per heavy atom. The minimum Gasteiger partial charge on any atom is -0.444 e. The number of allylic oxidation sites excluding steroid dienone is 1. The highest BCUT2D eigenvalue weighted by atomic mass is 16.9. The van der Waals surface area contributed by atoms with Crippen molar-refractivity contribution in [2.45, 2.75) is 25.7 Å². The SMILES string of the molecule is CO[C@@]12OCCC[C@@H]1C=C(C)O2. The molecule has 2 rings (SSSR count). The minimum atomic E-state index is -0.789. The summed E-state index contributed by atoms with van der Waals surface area (Å²) in [4.78, 5) is 0. The fourth-order valence-electron chi connectivity index (χ4n) is 1.89. The van der Waals surface area contributed by atoms with Gasteiger partial charge in [-0.2, -0.15) is 0 Å². The molecule has 0 unspecified atom stereocenters. The van der Waals surface area contributed by atoms with E-state index in [-0.39, 0.29) is 5.92 Å². The van der Waals surface area contributed by atoms with Crippen LogP contribution in [0.15, 0.2) is 11.8 Å². The summed E-state index contributed by atoms with van der Waals surface area (Å²) in [5.74, 6) is 0.391. The fourth-order valence-corrected chi connectivity index (χ4v) is 1.89. The standard InChI is InChI=1S/C9H14O3/c1-7-6-8-4-3-5-11-9(8,10-2)12-7/h6,8H,3-5H2,1-2H3/t8-,9-/m1/s1. The Morgan fingerprint density at radius 3 is 3.17 bits per heavy atom. The van der Waals surface area contributed by atoms with Crippen LogP contribution in [0.5, 0.6) is 0 Å². The van der Waals surface area contributed by atoms with Gasteiger partial charge in [0.25, 0.3) is 0 Å². The van der Waals surface area contributed by atoms with Gasteiger partial charge in [-0.15, -0.1) is 0 Å². The quantitative estimate of drug-likeness (QED) is 0.598. The molecule has 0 saturated carbocycles. The van der Waals surface area contributed by atoms with E-state index >= 15 is 0 Å². The monoisotopic (exact) mass is 170 g/mol. The van der Waals surface area contributed by atoms with Crippen molar-refractivity contribution in [3.05, 3.63) is 11.8 Å². The lowest BCUT2D eigenvalue weighted by molar-refractivity contribution is -0.376. The Balaban J connectivity index is 2.19. The first-order valence-corrected chi connectivity index (χ1v) is 4.33. The molecule has 0 aliphatic carbocycles.